The lowest BCUT2D eigenvalue weighted by molar-refractivity contribution is 1.06. The maximum atomic E-state index is 5.57. The van der Waals surface area contributed by atoms with Crippen LogP contribution < -0.4 is 5.32 Å². The molecule has 0 unspecified atom stereocenters. The zero-order valence-corrected chi connectivity index (χ0v) is 10.3. The summed E-state index contributed by atoms with van der Waals surface area (Å²) in [7, 11) is 0. The van der Waals surface area contributed by atoms with Crippen LogP contribution in [0.15, 0.2) is 0 Å². The van der Waals surface area contributed by atoms with E-state index >= 15 is 0 Å². The summed E-state index contributed by atoms with van der Waals surface area (Å²) >= 11 is 17.6. The number of thiocarbonyl (C=S) groups is 1. The van der Waals surface area contributed by atoms with Gasteiger partial charge in [0.2, 0.25) is 16.5 Å². The van der Waals surface area contributed by atoms with Gasteiger partial charge in [-0.15, -0.1) is 0 Å². The van der Waals surface area contributed by atoms with E-state index in [1.165, 1.54) is 11.8 Å². The maximum Gasteiger partial charge on any atom is 0.233 e. The number of halogens is 2. The van der Waals surface area contributed by atoms with Crippen molar-refractivity contribution in [3.63, 3.8) is 0 Å². The molecule has 1 rings (SSSR count). The third-order valence-corrected chi connectivity index (χ3v) is 2.52. The SMILES string of the molecule is CCSC(=S)Nc1nc(Cl)nc(Cl)n1. The number of hydrogen-bond acceptors (Lipinski definition) is 5. The van der Waals surface area contributed by atoms with Gasteiger partial charge in [-0.1, -0.05) is 30.9 Å². The lowest BCUT2D eigenvalue weighted by Gasteiger charge is -2.03. The van der Waals surface area contributed by atoms with Crippen molar-refractivity contribution in [3.05, 3.63) is 10.6 Å². The maximum absolute atomic E-state index is 5.57. The highest BCUT2D eigenvalue weighted by Crippen LogP contribution is 2.12. The lowest BCUT2D eigenvalue weighted by Crippen LogP contribution is -2.09. The van der Waals surface area contributed by atoms with Crippen molar-refractivity contribution in [3.8, 4) is 0 Å². The molecule has 4 nitrogen and oxygen atoms in total. The number of rotatable bonds is 2. The van der Waals surface area contributed by atoms with Crippen LogP contribution in [-0.2, 0) is 0 Å². The molecule has 0 aromatic carbocycles. The normalized spacial score (nSPS) is 9.93. The summed E-state index contributed by atoms with van der Waals surface area (Å²) in [4.78, 5) is 11.2. The van der Waals surface area contributed by atoms with Crippen molar-refractivity contribution in [2.45, 2.75) is 6.92 Å². The quantitative estimate of drug-likeness (QED) is 0.833. The van der Waals surface area contributed by atoms with Crippen molar-refractivity contribution in [2.24, 2.45) is 0 Å². The topological polar surface area (TPSA) is 50.7 Å². The van der Waals surface area contributed by atoms with Crippen LogP contribution in [0.2, 0.25) is 10.6 Å². The first-order valence-corrected chi connectivity index (χ1v) is 5.77. The first-order valence-electron chi connectivity index (χ1n) is 3.62. The molecule has 1 heterocycles. The van der Waals surface area contributed by atoms with E-state index < -0.39 is 0 Å². The van der Waals surface area contributed by atoms with Gasteiger partial charge in [-0.25, -0.2) is 0 Å². The van der Waals surface area contributed by atoms with Crippen molar-refractivity contribution >= 4 is 57.5 Å². The van der Waals surface area contributed by atoms with Gasteiger partial charge < -0.3 is 5.32 Å². The second kappa shape index (κ2) is 5.65. The van der Waals surface area contributed by atoms with Crippen LogP contribution in [0.5, 0.6) is 0 Å². The van der Waals surface area contributed by atoms with Gasteiger partial charge in [0.1, 0.15) is 4.32 Å². The Morgan fingerprint density at radius 1 is 1.36 bits per heavy atom. The average Bonchev–Trinajstić information content (AvgIpc) is 2.01. The molecule has 1 aromatic heterocycles. The summed E-state index contributed by atoms with van der Waals surface area (Å²) in [6.45, 7) is 1.99. The smallest absolute Gasteiger partial charge is 0.233 e. The van der Waals surface area contributed by atoms with Crippen LogP contribution in [0.1, 0.15) is 6.92 Å². The molecule has 0 aliphatic carbocycles. The zero-order chi connectivity index (χ0) is 10.6. The lowest BCUT2D eigenvalue weighted by atomic mass is 10.9. The van der Waals surface area contributed by atoms with E-state index in [2.05, 4.69) is 20.3 Å². The molecule has 1 N–H and O–H groups in total. The Kier molecular flexibility index (Phi) is 4.80. The van der Waals surface area contributed by atoms with Crippen molar-refractivity contribution in [1.82, 2.24) is 15.0 Å². The van der Waals surface area contributed by atoms with E-state index in [0.29, 0.717) is 4.32 Å². The Balaban J connectivity index is 2.71. The first-order chi connectivity index (χ1) is 6.61. The van der Waals surface area contributed by atoms with Crippen LogP contribution in [0.3, 0.4) is 0 Å². The molecule has 0 radical (unpaired) electrons. The molecule has 0 atom stereocenters. The molecule has 14 heavy (non-hydrogen) atoms. The number of nitrogens with zero attached hydrogens (tertiary/aromatic N) is 3. The van der Waals surface area contributed by atoms with Gasteiger partial charge in [0.25, 0.3) is 0 Å². The minimum absolute atomic E-state index is 0.0387. The van der Waals surface area contributed by atoms with Crippen LogP contribution in [0.4, 0.5) is 5.95 Å². The second-order valence-electron chi connectivity index (χ2n) is 2.04. The summed E-state index contributed by atoms with van der Waals surface area (Å²) in [5.41, 5.74) is 0. The molecule has 0 saturated carbocycles. The van der Waals surface area contributed by atoms with Gasteiger partial charge in [0.05, 0.1) is 0 Å². The molecule has 0 bridgehead atoms. The van der Waals surface area contributed by atoms with Crippen molar-refractivity contribution < 1.29 is 0 Å². The van der Waals surface area contributed by atoms with Gasteiger partial charge in [-0.05, 0) is 29.0 Å². The number of nitrogens with one attached hydrogen (secondary N) is 1. The highest BCUT2D eigenvalue weighted by molar-refractivity contribution is 8.23. The van der Waals surface area contributed by atoms with Gasteiger partial charge >= 0.3 is 0 Å². The molecule has 0 amide bonds. The fourth-order valence-electron chi connectivity index (χ4n) is 0.640. The molecule has 1 aromatic rings. The van der Waals surface area contributed by atoms with Crippen LogP contribution in [0, 0.1) is 0 Å². The fourth-order valence-corrected chi connectivity index (χ4v) is 1.87. The summed E-state index contributed by atoms with van der Waals surface area (Å²) in [5.74, 6) is 1.14. The summed E-state index contributed by atoms with van der Waals surface area (Å²) in [6, 6.07) is 0. The van der Waals surface area contributed by atoms with Gasteiger partial charge in [-0.2, -0.15) is 15.0 Å². The number of aromatic nitrogens is 3. The van der Waals surface area contributed by atoms with Gasteiger partial charge in [0, 0.05) is 0 Å². The van der Waals surface area contributed by atoms with E-state index in [-0.39, 0.29) is 16.5 Å². The average molecular weight is 269 g/mol. The van der Waals surface area contributed by atoms with Crippen molar-refractivity contribution in [1.29, 1.82) is 0 Å². The Bertz CT molecular complexity index is 326. The summed E-state index contributed by atoms with van der Waals surface area (Å²) < 4.78 is 0.575. The first kappa shape index (κ1) is 11.9. The Morgan fingerprint density at radius 3 is 2.43 bits per heavy atom. The monoisotopic (exact) mass is 268 g/mol. The molecular formula is C6H6Cl2N4S2. The van der Waals surface area contributed by atoms with E-state index in [1.54, 1.807) is 0 Å². The highest BCUT2D eigenvalue weighted by Gasteiger charge is 2.04. The highest BCUT2D eigenvalue weighted by atomic mass is 35.5. The number of anilines is 1. The van der Waals surface area contributed by atoms with Crippen molar-refractivity contribution in [2.75, 3.05) is 11.1 Å². The second-order valence-corrected chi connectivity index (χ2v) is 4.66. The molecule has 0 spiro atoms. The van der Waals surface area contributed by atoms with Gasteiger partial charge in [0.15, 0.2) is 0 Å². The summed E-state index contributed by atoms with van der Waals surface area (Å²) in [5, 5.41) is 2.87. The Labute approximate surface area is 101 Å². The molecule has 0 fully saturated rings. The number of hydrogen-bond donors (Lipinski definition) is 1. The van der Waals surface area contributed by atoms with E-state index in [4.69, 9.17) is 35.4 Å². The third kappa shape index (κ3) is 3.91. The minimum atomic E-state index is 0.0387. The van der Waals surface area contributed by atoms with E-state index in [9.17, 15) is 0 Å². The molecule has 0 saturated heterocycles. The van der Waals surface area contributed by atoms with E-state index in [0.717, 1.165) is 5.75 Å². The van der Waals surface area contributed by atoms with Gasteiger partial charge in [-0.3, -0.25) is 0 Å². The molecule has 8 heteroatoms. The Morgan fingerprint density at radius 2 is 1.93 bits per heavy atom. The molecule has 0 aliphatic rings. The fraction of sp³-hybridized carbons (Fsp3) is 0.333. The van der Waals surface area contributed by atoms with Crippen LogP contribution in [-0.4, -0.2) is 25.0 Å². The largest absolute Gasteiger partial charge is 0.310 e. The predicted molar refractivity (Wildman–Crippen MR) is 64.2 cm³/mol. The predicted octanol–water partition coefficient (Wildman–Crippen LogP) is 2.63. The Hall–Kier alpha value is -0.170. The zero-order valence-electron chi connectivity index (χ0n) is 7.12. The molecule has 0 aliphatic heterocycles. The van der Waals surface area contributed by atoms with E-state index in [1.807, 2.05) is 6.92 Å². The van der Waals surface area contributed by atoms with Crippen LogP contribution in [0.25, 0.3) is 0 Å². The number of thioether (sulfide) groups is 1. The molecule has 76 valence electrons. The van der Waals surface area contributed by atoms with Crippen LogP contribution >= 0.6 is 47.2 Å². The summed E-state index contributed by atoms with van der Waals surface area (Å²) in [6.07, 6.45) is 0. The minimum Gasteiger partial charge on any atom is -0.310 e. The third-order valence-electron chi connectivity index (χ3n) is 1.07. The standard InChI is InChI=1S/C6H6Cl2N4S2/c1-2-14-6(13)12-5-10-3(7)9-4(8)11-5/h2H2,1H3,(H,9,10,11,12,13). The molecular weight excluding hydrogens is 263 g/mol.